The number of carbonyl (C=O) groups excluding carboxylic acids is 1. The van der Waals surface area contributed by atoms with Crippen LogP contribution in [0.4, 0.5) is 0 Å². The minimum atomic E-state index is -0.545. The summed E-state index contributed by atoms with van der Waals surface area (Å²) in [6, 6.07) is 11.6. The van der Waals surface area contributed by atoms with Gasteiger partial charge in [0.25, 0.3) is 0 Å². The van der Waals surface area contributed by atoms with Crippen LogP contribution in [0, 0.1) is 6.92 Å². The van der Waals surface area contributed by atoms with E-state index in [9.17, 15) is 15.0 Å². The van der Waals surface area contributed by atoms with E-state index in [1.54, 1.807) is 24.3 Å². The number of benzene rings is 2. The highest BCUT2D eigenvalue weighted by Gasteiger charge is 2.22. The summed E-state index contributed by atoms with van der Waals surface area (Å²) in [6.45, 7) is 10.8. The molecular weight excluding hydrogens is 588 g/mol. The van der Waals surface area contributed by atoms with E-state index in [0.29, 0.717) is 44.3 Å². The number of aromatic hydroxyl groups is 1. The van der Waals surface area contributed by atoms with Gasteiger partial charge in [-0.1, -0.05) is 121 Å². The monoisotopic (exact) mass is 650 g/mol. The van der Waals surface area contributed by atoms with Gasteiger partial charge in [0.2, 0.25) is 11.7 Å². The van der Waals surface area contributed by atoms with Gasteiger partial charge in [0, 0.05) is 38.8 Å². The standard InChI is InChI=1S/C40H62N2O5/c1-4-6-8-10-12-14-16-28-46-37-30-34(31-38(40(37)45)47-29-17-15-13-11-9-7-5-2)20-23-39(44)42-26-24-41(25-27-42)32-36(43)35-21-18-33(3)19-22-35/h18-23,30-31,36,43,45H,4-17,24-29,32H2,1-3H3/b23-20+. The van der Waals surface area contributed by atoms with Crippen molar-refractivity contribution in [2.75, 3.05) is 45.9 Å². The second-order valence-corrected chi connectivity index (χ2v) is 13.2. The Bertz CT molecular complexity index is 1130. The molecule has 2 aromatic carbocycles. The third-order valence-electron chi connectivity index (χ3n) is 9.07. The maximum atomic E-state index is 13.1. The maximum Gasteiger partial charge on any atom is 0.246 e. The molecule has 1 unspecified atom stereocenters. The maximum absolute atomic E-state index is 13.1. The zero-order chi connectivity index (χ0) is 33.7. The van der Waals surface area contributed by atoms with Gasteiger partial charge in [0.05, 0.1) is 19.3 Å². The van der Waals surface area contributed by atoms with Crippen LogP contribution in [-0.2, 0) is 4.79 Å². The largest absolute Gasteiger partial charge is 0.502 e. The zero-order valence-corrected chi connectivity index (χ0v) is 29.6. The van der Waals surface area contributed by atoms with Crippen molar-refractivity contribution in [3.8, 4) is 17.2 Å². The molecule has 1 heterocycles. The number of β-amino-alcohol motifs (C(OH)–C–C–N with tert-alkyl or cyclic N) is 1. The van der Waals surface area contributed by atoms with E-state index in [1.807, 2.05) is 36.1 Å². The van der Waals surface area contributed by atoms with Crippen LogP contribution in [0.3, 0.4) is 0 Å². The van der Waals surface area contributed by atoms with Crippen molar-refractivity contribution in [2.24, 2.45) is 0 Å². The number of hydrogen-bond donors (Lipinski definition) is 2. The lowest BCUT2D eigenvalue weighted by molar-refractivity contribution is -0.127. The molecule has 0 bridgehead atoms. The second-order valence-electron chi connectivity index (χ2n) is 13.2. The van der Waals surface area contributed by atoms with Gasteiger partial charge in [-0.2, -0.15) is 0 Å². The number of aliphatic hydroxyl groups excluding tert-OH is 1. The molecule has 1 atom stereocenters. The topological polar surface area (TPSA) is 82.5 Å². The quantitative estimate of drug-likeness (QED) is 0.0924. The van der Waals surface area contributed by atoms with Gasteiger partial charge in [0.15, 0.2) is 11.5 Å². The SMILES string of the molecule is CCCCCCCCCOc1cc(/C=C/C(=O)N2CCN(CC(O)c3ccc(C)cc3)CC2)cc(OCCCCCCCCC)c1O. The molecule has 3 rings (SSSR count). The Morgan fingerprint density at radius 2 is 1.26 bits per heavy atom. The molecule has 1 fully saturated rings. The average Bonchev–Trinajstić information content (AvgIpc) is 3.08. The lowest BCUT2D eigenvalue weighted by atomic mass is 10.1. The second kappa shape index (κ2) is 22.5. The minimum Gasteiger partial charge on any atom is -0.502 e. The number of phenols is 1. The Morgan fingerprint density at radius 3 is 1.77 bits per heavy atom. The molecular formula is C40H62N2O5. The summed E-state index contributed by atoms with van der Waals surface area (Å²) in [6.07, 6.45) is 19.5. The summed E-state index contributed by atoms with van der Waals surface area (Å²) in [5.74, 6) is 0.790. The van der Waals surface area contributed by atoms with Gasteiger partial charge in [-0.05, 0) is 49.1 Å². The number of ether oxygens (including phenoxy) is 2. The van der Waals surface area contributed by atoms with Crippen molar-refractivity contribution in [1.82, 2.24) is 9.80 Å². The third-order valence-corrected chi connectivity index (χ3v) is 9.07. The summed E-state index contributed by atoms with van der Waals surface area (Å²) in [5.41, 5.74) is 2.86. The van der Waals surface area contributed by atoms with Crippen LogP contribution in [0.1, 0.15) is 127 Å². The summed E-state index contributed by atoms with van der Waals surface area (Å²) >= 11 is 0. The van der Waals surface area contributed by atoms with Crippen molar-refractivity contribution in [3.05, 3.63) is 59.2 Å². The zero-order valence-electron chi connectivity index (χ0n) is 29.6. The van der Waals surface area contributed by atoms with E-state index < -0.39 is 6.10 Å². The van der Waals surface area contributed by atoms with Crippen molar-refractivity contribution in [3.63, 3.8) is 0 Å². The fourth-order valence-corrected chi connectivity index (χ4v) is 5.96. The molecule has 1 saturated heterocycles. The number of unbranched alkanes of at least 4 members (excludes halogenated alkanes) is 12. The molecule has 1 amide bonds. The van der Waals surface area contributed by atoms with Crippen LogP contribution in [0.5, 0.6) is 17.2 Å². The van der Waals surface area contributed by atoms with E-state index in [1.165, 1.54) is 69.8 Å². The first-order valence-corrected chi connectivity index (χ1v) is 18.5. The molecule has 1 aliphatic heterocycles. The van der Waals surface area contributed by atoms with Crippen molar-refractivity contribution >= 4 is 12.0 Å². The molecule has 2 aromatic rings. The van der Waals surface area contributed by atoms with Gasteiger partial charge >= 0.3 is 0 Å². The lowest BCUT2D eigenvalue weighted by Crippen LogP contribution is -2.49. The number of aliphatic hydroxyl groups is 1. The number of rotatable bonds is 23. The van der Waals surface area contributed by atoms with E-state index in [4.69, 9.17) is 9.47 Å². The van der Waals surface area contributed by atoms with Crippen LogP contribution in [0.15, 0.2) is 42.5 Å². The predicted molar refractivity (Wildman–Crippen MR) is 193 cm³/mol. The van der Waals surface area contributed by atoms with Gasteiger partial charge < -0.3 is 24.6 Å². The number of hydrogen-bond acceptors (Lipinski definition) is 6. The summed E-state index contributed by atoms with van der Waals surface area (Å²) in [4.78, 5) is 17.2. The van der Waals surface area contributed by atoms with Crippen molar-refractivity contribution in [1.29, 1.82) is 0 Å². The smallest absolute Gasteiger partial charge is 0.246 e. The normalized spacial score (nSPS) is 14.5. The first-order chi connectivity index (χ1) is 22.9. The Kier molecular flexibility index (Phi) is 18.4. The molecule has 0 radical (unpaired) electrons. The predicted octanol–water partition coefficient (Wildman–Crippen LogP) is 8.85. The first kappa shape index (κ1) is 38.4. The van der Waals surface area contributed by atoms with E-state index in [-0.39, 0.29) is 11.7 Å². The van der Waals surface area contributed by atoms with E-state index >= 15 is 0 Å². The number of nitrogens with zero attached hydrogens (tertiary/aromatic N) is 2. The molecule has 47 heavy (non-hydrogen) atoms. The molecule has 0 aromatic heterocycles. The number of carbonyl (C=O) groups is 1. The van der Waals surface area contributed by atoms with Crippen LogP contribution < -0.4 is 9.47 Å². The summed E-state index contributed by atoms with van der Waals surface area (Å²) in [7, 11) is 0. The van der Waals surface area contributed by atoms with Gasteiger partial charge in [-0.3, -0.25) is 9.69 Å². The summed E-state index contributed by atoms with van der Waals surface area (Å²) < 4.78 is 12.1. The highest BCUT2D eigenvalue weighted by atomic mass is 16.5. The highest BCUT2D eigenvalue weighted by Crippen LogP contribution is 2.38. The number of amides is 1. The summed E-state index contributed by atoms with van der Waals surface area (Å²) in [5, 5.41) is 21.7. The molecule has 7 heteroatoms. The molecule has 1 aliphatic rings. The molecule has 2 N–H and O–H groups in total. The minimum absolute atomic E-state index is 0.0308. The van der Waals surface area contributed by atoms with E-state index in [2.05, 4.69) is 18.7 Å². The number of piperazine rings is 1. The van der Waals surface area contributed by atoms with Crippen LogP contribution in [-0.4, -0.2) is 71.9 Å². The number of aryl methyl sites for hydroxylation is 1. The first-order valence-electron chi connectivity index (χ1n) is 18.5. The van der Waals surface area contributed by atoms with Crippen LogP contribution in [0.25, 0.3) is 6.08 Å². The Hall–Kier alpha value is -3.03. The molecule has 262 valence electrons. The molecule has 0 aliphatic carbocycles. The Labute approximate surface area is 285 Å². The third kappa shape index (κ3) is 14.7. The van der Waals surface area contributed by atoms with Crippen LogP contribution in [0.2, 0.25) is 0 Å². The van der Waals surface area contributed by atoms with Gasteiger partial charge in [-0.15, -0.1) is 0 Å². The number of phenolic OH excluding ortho intramolecular Hbond substituents is 1. The van der Waals surface area contributed by atoms with Crippen molar-refractivity contribution < 1.29 is 24.5 Å². The Balaban J connectivity index is 1.53. The average molecular weight is 651 g/mol. The fourth-order valence-electron chi connectivity index (χ4n) is 5.96. The van der Waals surface area contributed by atoms with Crippen molar-refractivity contribution in [2.45, 2.75) is 117 Å². The molecule has 7 nitrogen and oxygen atoms in total. The van der Waals surface area contributed by atoms with Gasteiger partial charge in [-0.25, -0.2) is 0 Å². The van der Waals surface area contributed by atoms with Crippen LogP contribution >= 0.6 is 0 Å². The van der Waals surface area contributed by atoms with Gasteiger partial charge in [0.1, 0.15) is 0 Å². The van der Waals surface area contributed by atoms with E-state index in [0.717, 1.165) is 49.9 Å². The highest BCUT2D eigenvalue weighted by molar-refractivity contribution is 5.92. The fraction of sp³-hybridized carbons (Fsp3) is 0.625. The lowest BCUT2D eigenvalue weighted by Gasteiger charge is -2.35. The Morgan fingerprint density at radius 1 is 0.766 bits per heavy atom. The molecule has 0 saturated carbocycles. The molecule has 0 spiro atoms.